The Morgan fingerprint density at radius 1 is 1.25 bits per heavy atom. The van der Waals surface area contributed by atoms with Gasteiger partial charge in [0.1, 0.15) is 12.9 Å². The number of hydrogen-bond acceptors (Lipinski definition) is 3. The van der Waals surface area contributed by atoms with Crippen LogP contribution in [0.1, 0.15) is 24.8 Å². The first-order chi connectivity index (χ1) is 7.76. The Morgan fingerprint density at radius 3 is 2.50 bits per heavy atom. The molecule has 0 N–H and O–H groups in total. The largest absolute Gasteiger partial charge is 0.497 e. The van der Waals surface area contributed by atoms with Crippen LogP contribution in [0.5, 0.6) is 5.75 Å². The lowest BCUT2D eigenvalue weighted by Gasteiger charge is -2.02. The third-order valence-corrected chi connectivity index (χ3v) is 3.11. The fourth-order valence-corrected chi connectivity index (χ4v) is 2.09. The molecule has 0 saturated heterocycles. The van der Waals surface area contributed by atoms with Gasteiger partial charge < -0.3 is 9.57 Å². The second kappa shape index (κ2) is 4.56. The topological polar surface area (TPSA) is 30.8 Å². The lowest BCUT2D eigenvalue weighted by molar-refractivity contribution is 0.212. The summed E-state index contributed by atoms with van der Waals surface area (Å²) in [7, 11) is 3.28. The third kappa shape index (κ3) is 2.18. The molecule has 1 aromatic rings. The van der Waals surface area contributed by atoms with Crippen LogP contribution >= 0.6 is 0 Å². The summed E-state index contributed by atoms with van der Waals surface area (Å²) in [6.07, 6.45) is 1.17. The van der Waals surface area contributed by atoms with E-state index in [-0.39, 0.29) is 0 Å². The zero-order valence-electron chi connectivity index (χ0n) is 9.93. The zero-order valence-corrected chi connectivity index (χ0v) is 9.93. The Kier molecular flexibility index (Phi) is 3.13. The van der Waals surface area contributed by atoms with Crippen molar-refractivity contribution in [3.8, 4) is 5.75 Å². The molecule has 0 amide bonds. The predicted octanol–water partition coefficient (Wildman–Crippen LogP) is 2.82. The average molecular weight is 219 g/mol. The quantitative estimate of drug-likeness (QED) is 0.576. The van der Waals surface area contributed by atoms with E-state index in [0.717, 1.165) is 11.5 Å². The van der Waals surface area contributed by atoms with Gasteiger partial charge in [0.2, 0.25) is 0 Å². The van der Waals surface area contributed by atoms with Crippen LogP contribution in [-0.4, -0.2) is 19.9 Å². The molecule has 86 valence electrons. The maximum Gasteiger partial charge on any atom is 0.118 e. The zero-order chi connectivity index (χ0) is 11.5. The fourth-order valence-electron chi connectivity index (χ4n) is 2.09. The Hall–Kier alpha value is -1.51. The Balaban J connectivity index is 2.03. The van der Waals surface area contributed by atoms with Crippen molar-refractivity contribution in [2.45, 2.75) is 19.3 Å². The van der Waals surface area contributed by atoms with Crippen LogP contribution in [0.25, 0.3) is 0 Å². The van der Waals surface area contributed by atoms with Gasteiger partial charge in [-0.25, -0.2) is 0 Å². The molecule has 1 aliphatic carbocycles. The van der Waals surface area contributed by atoms with Crippen molar-refractivity contribution in [3.05, 3.63) is 29.8 Å². The Morgan fingerprint density at radius 2 is 1.94 bits per heavy atom. The van der Waals surface area contributed by atoms with Crippen molar-refractivity contribution in [2.75, 3.05) is 14.2 Å². The van der Waals surface area contributed by atoms with E-state index < -0.39 is 0 Å². The highest BCUT2D eigenvalue weighted by Crippen LogP contribution is 2.48. The number of nitrogens with zero attached hydrogens (tertiary/aromatic N) is 1. The van der Waals surface area contributed by atoms with E-state index in [1.807, 2.05) is 19.1 Å². The maximum atomic E-state index is 5.14. The molecular formula is C13H17NO2. The van der Waals surface area contributed by atoms with E-state index in [9.17, 15) is 0 Å². The van der Waals surface area contributed by atoms with Crippen molar-refractivity contribution in [1.82, 2.24) is 0 Å². The van der Waals surface area contributed by atoms with Crippen LogP contribution in [0, 0.1) is 5.92 Å². The SMILES string of the molecule is CO/N=C(\C)C1CC1c1ccc(OC)cc1. The molecule has 0 radical (unpaired) electrons. The van der Waals surface area contributed by atoms with Gasteiger partial charge in [-0.1, -0.05) is 17.3 Å². The smallest absolute Gasteiger partial charge is 0.118 e. The molecule has 0 aliphatic heterocycles. The van der Waals surface area contributed by atoms with Gasteiger partial charge in [0, 0.05) is 5.92 Å². The number of ether oxygens (including phenoxy) is 1. The van der Waals surface area contributed by atoms with Gasteiger partial charge in [-0.05, 0) is 37.0 Å². The summed E-state index contributed by atoms with van der Waals surface area (Å²) < 4.78 is 5.14. The van der Waals surface area contributed by atoms with Crippen molar-refractivity contribution in [1.29, 1.82) is 0 Å². The fraction of sp³-hybridized carbons (Fsp3) is 0.462. The van der Waals surface area contributed by atoms with Gasteiger partial charge in [-0.15, -0.1) is 0 Å². The summed E-state index contributed by atoms with van der Waals surface area (Å²) in [6, 6.07) is 8.27. The van der Waals surface area contributed by atoms with Crippen LogP contribution in [0.15, 0.2) is 29.4 Å². The van der Waals surface area contributed by atoms with E-state index in [4.69, 9.17) is 9.57 Å². The lowest BCUT2D eigenvalue weighted by atomic mass is 10.1. The van der Waals surface area contributed by atoms with Gasteiger partial charge >= 0.3 is 0 Å². The van der Waals surface area contributed by atoms with Crippen molar-refractivity contribution >= 4 is 5.71 Å². The molecule has 0 aromatic heterocycles. The predicted molar refractivity (Wildman–Crippen MR) is 64.0 cm³/mol. The van der Waals surface area contributed by atoms with Crippen LogP contribution in [-0.2, 0) is 4.84 Å². The lowest BCUT2D eigenvalue weighted by Crippen LogP contribution is -1.97. The number of benzene rings is 1. The van der Waals surface area contributed by atoms with Crippen LogP contribution in [0.4, 0.5) is 0 Å². The summed E-state index contributed by atoms with van der Waals surface area (Å²) in [4.78, 5) is 4.79. The molecule has 3 nitrogen and oxygen atoms in total. The minimum Gasteiger partial charge on any atom is -0.497 e. The Bertz CT molecular complexity index is 383. The van der Waals surface area contributed by atoms with Crippen molar-refractivity contribution in [3.63, 3.8) is 0 Å². The highest BCUT2D eigenvalue weighted by atomic mass is 16.6. The van der Waals surface area contributed by atoms with E-state index in [1.165, 1.54) is 12.0 Å². The molecule has 2 atom stereocenters. The van der Waals surface area contributed by atoms with Gasteiger partial charge in [-0.3, -0.25) is 0 Å². The summed E-state index contributed by atoms with van der Waals surface area (Å²) in [6.45, 7) is 2.03. The van der Waals surface area contributed by atoms with Gasteiger partial charge in [-0.2, -0.15) is 0 Å². The number of hydrogen-bond donors (Lipinski definition) is 0. The highest BCUT2D eigenvalue weighted by molar-refractivity contribution is 5.87. The molecule has 1 aliphatic rings. The van der Waals surface area contributed by atoms with Crippen LogP contribution < -0.4 is 4.74 Å². The minimum absolute atomic E-state index is 0.549. The van der Waals surface area contributed by atoms with Gasteiger partial charge in [0.25, 0.3) is 0 Å². The van der Waals surface area contributed by atoms with E-state index >= 15 is 0 Å². The number of methoxy groups -OCH3 is 1. The molecular weight excluding hydrogens is 202 g/mol. The van der Waals surface area contributed by atoms with Crippen LogP contribution in [0.3, 0.4) is 0 Å². The van der Waals surface area contributed by atoms with E-state index in [2.05, 4.69) is 17.3 Å². The number of oxime groups is 1. The molecule has 2 unspecified atom stereocenters. The molecule has 3 heteroatoms. The van der Waals surface area contributed by atoms with E-state index in [1.54, 1.807) is 14.2 Å². The summed E-state index contributed by atoms with van der Waals surface area (Å²) >= 11 is 0. The second-order valence-corrected chi connectivity index (χ2v) is 4.14. The molecule has 1 aromatic carbocycles. The minimum atomic E-state index is 0.549. The molecule has 1 saturated carbocycles. The van der Waals surface area contributed by atoms with E-state index in [0.29, 0.717) is 11.8 Å². The van der Waals surface area contributed by atoms with Crippen LogP contribution in [0.2, 0.25) is 0 Å². The summed E-state index contributed by atoms with van der Waals surface area (Å²) in [5, 5.41) is 3.99. The van der Waals surface area contributed by atoms with Gasteiger partial charge in [0.05, 0.1) is 12.8 Å². The molecule has 0 heterocycles. The molecule has 1 fully saturated rings. The van der Waals surface area contributed by atoms with Gasteiger partial charge in [0.15, 0.2) is 0 Å². The molecule has 0 spiro atoms. The number of rotatable bonds is 4. The summed E-state index contributed by atoms with van der Waals surface area (Å²) in [5.41, 5.74) is 2.44. The monoisotopic (exact) mass is 219 g/mol. The average Bonchev–Trinajstić information content (AvgIpc) is 3.09. The maximum absolute atomic E-state index is 5.14. The first-order valence-corrected chi connectivity index (χ1v) is 5.48. The summed E-state index contributed by atoms with van der Waals surface area (Å²) in [5.74, 6) is 2.06. The van der Waals surface area contributed by atoms with Crippen molar-refractivity contribution in [2.24, 2.45) is 11.1 Å². The first kappa shape index (κ1) is 11.0. The first-order valence-electron chi connectivity index (χ1n) is 5.48. The standard InChI is InChI=1S/C13H17NO2/c1-9(14-16-3)12-8-13(12)10-4-6-11(15-2)7-5-10/h4-7,12-13H,8H2,1-3H3/b14-9+. The normalized spacial score (nSPS) is 24.1. The molecule has 16 heavy (non-hydrogen) atoms. The molecule has 0 bridgehead atoms. The second-order valence-electron chi connectivity index (χ2n) is 4.14. The highest BCUT2D eigenvalue weighted by Gasteiger charge is 2.40. The Labute approximate surface area is 96.1 Å². The third-order valence-electron chi connectivity index (χ3n) is 3.11. The van der Waals surface area contributed by atoms with Crippen molar-refractivity contribution < 1.29 is 9.57 Å². The molecule has 2 rings (SSSR count).